The molecule has 1 rings (SSSR count). The number of hydrogen-bond donors (Lipinski definition) is 4. The van der Waals surface area contributed by atoms with E-state index in [1.165, 1.54) is 77.0 Å². The van der Waals surface area contributed by atoms with E-state index in [4.69, 9.17) is 18.9 Å². The van der Waals surface area contributed by atoms with Crippen molar-refractivity contribution in [2.45, 2.75) is 230 Å². The first kappa shape index (κ1) is 61.1. The van der Waals surface area contributed by atoms with Gasteiger partial charge in [-0.05, 0) is 83.5 Å². The Morgan fingerprint density at radius 2 is 0.955 bits per heavy atom. The average molecular weight is 951 g/mol. The molecule has 0 aromatic heterocycles. The maximum atomic E-state index is 12.9. The lowest BCUT2D eigenvalue weighted by Crippen LogP contribution is -2.60. The van der Waals surface area contributed by atoms with Crippen LogP contribution >= 0.6 is 0 Å². The number of esters is 2. The van der Waals surface area contributed by atoms with Crippen LogP contribution in [0.4, 0.5) is 0 Å². The summed E-state index contributed by atoms with van der Waals surface area (Å²) in [5, 5.41) is 31.0. The van der Waals surface area contributed by atoms with Gasteiger partial charge in [0.25, 0.3) is 10.1 Å². The molecule has 1 aliphatic heterocycles. The summed E-state index contributed by atoms with van der Waals surface area (Å²) < 4.78 is 54.2. The molecular weight excluding hydrogens is 861 g/mol. The van der Waals surface area contributed by atoms with Crippen molar-refractivity contribution >= 4 is 22.1 Å². The number of allylic oxidation sites excluding steroid dienone is 12. The highest BCUT2D eigenvalue weighted by Gasteiger charge is 2.46. The van der Waals surface area contributed by atoms with Crippen molar-refractivity contribution in [1.29, 1.82) is 0 Å². The Labute approximate surface area is 399 Å². The number of aliphatic hydroxyl groups excluding tert-OH is 3. The Morgan fingerprint density at radius 3 is 1.45 bits per heavy atom. The number of unbranched alkanes of at least 4 members (excludes halogenated alkanes) is 18. The zero-order valence-corrected chi connectivity index (χ0v) is 41.6. The Hall–Kier alpha value is -2.91. The fraction of sp³-hybridized carbons (Fsp3) is 0.736. The fourth-order valence-corrected chi connectivity index (χ4v) is 8.04. The van der Waals surface area contributed by atoms with Crippen LogP contribution in [0.15, 0.2) is 72.9 Å². The van der Waals surface area contributed by atoms with E-state index in [0.29, 0.717) is 12.8 Å². The van der Waals surface area contributed by atoms with Gasteiger partial charge in [0.05, 0.1) is 6.61 Å². The lowest BCUT2D eigenvalue weighted by Gasteiger charge is -2.40. The van der Waals surface area contributed by atoms with Gasteiger partial charge in [-0.2, -0.15) is 8.42 Å². The summed E-state index contributed by atoms with van der Waals surface area (Å²) >= 11 is 0. The fourth-order valence-electron chi connectivity index (χ4n) is 7.34. The van der Waals surface area contributed by atoms with E-state index in [9.17, 15) is 37.9 Å². The van der Waals surface area contributed by atoms with Gasteiger partial charge in [0, 0.05) is 12.8 Å². The van der Waals surface area contributed by atoms with E-state index in [-0.39, 0.29) is 19.4 Å². The third kappa shape index (κ3) is 36.2. The maximum Gasteiger partial charge on any atom is 0.306 e. The molecule has 12 nitrogen and oxygen atoms in total. The molecule has 0 amide bonds. The van der Waals surface area contributed by atoms with Crippen molar-refractivity contribution in [2.75, 3.05) is 19.0 Å². The SMILES string of the molecule is CC/C=C/C/C=C/C/C=C/C/C=C/C/C=C/CCCCCC(=O)OC[C@H](CO[C@H]1O[C@H](CS(=O)(=O)O)[C@@H](O)C(O)C1O)OC(=O)CCCCCCCCCCC/C=C/CCCCCCCC. The molecule has 0 aliphatic carbocycles. The van der Waals surface area contributed by atoms with Gasteiger partial charge >= 0.3 is 11.9 Å². The first-order chi connectivity index (χ1) is 32.0. The molecule has 4 N–H and O–H groups in total. The summed E-state index contributed by atoms with van der Waals surface area (Å²) in [5.74, 6) is -2.03. The van der Waals surface area contributed by atoms with Crippen molar-refractivity contribution in [3.8, 4) is 0 Å². The molecule has 6 atom stereocenters. The van der Waals surface area contributed by atoms with Gasteiger partial charge < -0.3 is 34.3 Å². The van der Waals surface area contributed by atoms with Crippen molar-refractivity contribution in [2.24, 2.45) is 0 Å². The second-order valence-corrected chi connectivity index (χ2v) is 18.9. The molecule has 0 saturated carbocycles. The van der Waals surface area contributed by atoms with E-state index in [1.807, 2.05) is 0 Å². The minimum absolute atomic E-state index is 0.151. The Morgan fingerprint density at radius 1 is 0.530 bits per heavy atom. The van der Waals surface area contributed by atoms with Crippen LogP contribution in [0.2, 0.25) is 0 Å². The third-order valence-corrected chi connectivity index (χ3v) is 12.0. The molecule has 13 heteroatoms. The van der Waals surface area contributed by atoms with Gasteiger partial charge in [0.15, 0.2) is 12.4 Å². The first-order valence-electron chi connectivity index (χ1n) is 25.5. The Bertz CT molecular complexity index is 1490. The highest BCUT2D eigenvalue weighted by molar-refractivity contribution is 7.85. The van der Waals surface area contributed by atoms with Crippen molar-refractivity contribution < 1.29 is 56.8 Å². The van der Waals surface area contributed by atoms with Crippen molar-refractivity contribution in [1.82, 2.24) is 0 Å². The topological polar surface area (TPSA) is 186 Å². The lowest BCUT2D eigenvalue weighted by atomic mass is 10.00. The van der Waals surface area contributed by atoms with Gasteiger partial charge in [0.1, 0.15) is 36.8 Å². The summed E-state index contributed by atoms with van der Waals surface area (Å²) in [7, 11) is -4.61. The minimum Gasteiger partial charge on any atom is -0.462 e. The smallest absolute Gasteiger partial charge is 0.306 e. The van der Waals surface area contributed by atoms with Gasteiger partial charge in [-0.3, -0.25) is 14.1 Å². The number of ether oxygens (including phenoxy) is 4. The van der Waals surface area contributed by atoms with E-state index in [0.717, 1.165) is 77.0 Å². The summed E-state index contributed by atoms with van der Waals surface area (Å²) in [6, 6.07) is 0. The van der Waals surface area contributed by atoms with Gasteiger partial charge in [-0.1, -0.05) is 170 Å². The maximum absolute atomic E-state index is 12.9. The zero-order chi connectivity index (χ0) is 48.4. The van der Waals surface area contributed by atoms with Crippen LogP contribution in [-0.4, -0.2) is 96.0 Å². The van der Waals surface area contributed by atoms with Crippen LogP contribution in [0.25, 0.3) is 0 Å². The number of carbonyl (C=O) groups excluding carboxylic acids is 2. The summed E-state index contributed by atoms with van der Waals surface area (Å²) in [4.78, 5) is 25.5. The number of aliphatic hydroxyl groups is 3. The number of hydrogen-bond acceptors (Lipinski definition) is 11. The molecule has 0 radical (unpaired) electrons. The van der Waals surface area contributed by atoms with Crippen LogP contribution in [-0.2, 0) is 38.7 Å². The lowest BCUT2D eigenvalue weighted by molar-refractivity contribution is -0.297. The Balaban J connectivity index is 2.41. The molecule has 0 aromatic carbocycles. The summed E-state index contributed by atoms with van der Waals surface area (Å²) in [5.41, 5.74) is 0. The van der Waals surface area contributed by atoms with Crippen LogP contribution in [0.1, 0.15) is 194 Å². The molecule has 0 spiro atoms. The van der Waals surface area contributed by atoms with Gasteiger partial charge in [0.2, 0.25) is 0 Å². The molecule has 380 valence electrons. The second-order valence-electron chi connectivity index (χ2n) is 17.4. The second kappa shape index (κ2) is 42.2. The predicted octanol–water partition coefficient (Wildman–Crippen LogP) is 11.5. The number of rotatable bonds is 42. The standard InChI is InChI=1S/C53H90O12S/c1-3-5-7-9-11-13-15-17-19-21-23-25-27-29-31-33-35-37-39-41-48(54)62-43-46(44-63-53-52(58)51(57)50(56)47(65-53)45-66(59,60)61)64-49(55)42-40-38-36-34-32-30-28-26-24-22-20-18-16-14-12-10-8-6-4-2/h5,7,11,13,17-20,23,25,29,31,46-47,50-53,56-58H,3-4,6,8-10,12,14-16,21-22,24,26-28,30,32-45H2,1-2H3,(H,59,60,61)/b7-5+,13-11+,19-17+,20-18+,25-23+,31-29+/t46-,47-,50-,51?,52?,53+/m1/s1. The van der Waals surface area contributed by atoms with Crippen LogP contribution in [0.5, 0.6) is 0 Å². The van der Waals surface area contributed by atoms with Gasteiger partial charge in [-0.25, -0.2) is 0 Å². The van der Waals surface area contributed by atoms with Crippen LogP contribution in [0.3, 0.4) is 0 Å². The van der Waals surface area contributed by atoms with E-state index >= 15 is 0 Å². The molecule has 1 aliphatic rings. The number of carbonyl (C=O) groups is 2. The van der Waals surface area contributed by atoms with E-state index in [1.54, 1.807) is 0 Å². The average Bonchev–Trinajstić information content (AvgIpc) is 3.28. The quantitative estimate of drug-likeness (QED) is 0.0197. The monoisotopic (exact) mass is 951 g/mol. The van der Waals surface area contributed by atoms with Gasteiger partial charge in [-0.15, -0.1) is 0 Å². The molecule has 1 fully saturated rings. The summed E-state index contributed by atoms with van der Waals surface area (Å²) in [6.07, 6.45) is 45.1. The normalized spacial score (nSPS) is 20.0. The van der Waals surface area contributed by atoms with E-state index < -0.39 is 71.2 Å². The zero-order valence-electron chi connectivity index (χ0n) is 40.8. The molecule has 0 aromatic rings. The van der Waals surface area contributed by atoms with Crippen LogP contribution < -0.4 is 0 Å². The predicted molar refractivity (Wildman–Crippen MR) is 265 cm³/mol. The molecule has 66 heavy (non-hydrogen) atoms. The highest BCUT2D eigenvalue weighted by Crippen LogP contribution is 2.24. The molecule has 0 bridgehead atoms. The molecular formula is C53H90O12S. The Kier molecular flexibility index (Phi) is 39.1. The largest absolute Gasteiger partial charge is 0.462 e. The van der Waals surface area contributed by atoms with Crippen molar-refractivity contribution in [3.63, 3.8) is 0 Å². The molecule has 1 heterocycles. The highest BCUT2D eigenvalue weighted by atomic mass is 32.2. The minimum atomic E-state index is -4.61. The third-order valence-electron chi connectivity index (χ3n) is 11.3. The molecule has 1 saturated heterocycles. The van der Waals surface area contributed by atoms with Crippen molar-refractivity contribution in [3.05, 3.63) is 72.9 Å². The first-order valence-corrected chi connectivity index (χ1v) is 27.1. The van der Waals surface area contributed by atoms with Crippen LogP contribution in [0, 0.1) is 0 Å². The molecule has 2 unspecified atom stereocenters. The summed E-state index contributed by atoms with van der Waals surface area (Å²) in [6.45, 7) is 3.63. The van der Waals surface area contributed by atoms with E-state index in [2.05, 4.69) is 86.8 Å².